The lowest BCUT2D eigenvalue weighted by Gasteiger charge is -2.61. The molecule has 0 bridgehead atoms. The van der Waals surface area contributed by atoms with Crippen LogP contribution in [0.15, 0.2) is 18.2 Å². The Labute approximate surface area is 201 Å². The van der Waals surface area contributed by atoms with Crippen molar-refractivity contribution in [3.05, 3.63) is 24.0 Å². The summed E-state index contributed by atoms with van der Waals surface area (Å²) in [5.41, 5.74) is 0.708. The maximum absolute atomic E-state index is 14.1. The molecular formula is C28H38FN3O2. The second kappa shape index (κ2) is 7.59. The first-order chi connectivity index (χ1) is 16.1. The minimum Gasteiger partial charge on any atom is -0.390 e. The third-order valence-electron chi connectivity index (χ3n) is 11.1. The van der Waals surface area contributed by atoms with E-state index in [9.17, 15) is 14.3 Å². The zero-order chi connectivity index (χ0) is 23.9. The summed E-state index contributed by atoms with van der Waals surface area (Å²) in [6, 6.07) is 4.82. The quantitative estimate of drug-likeness (QED) is 0.643. The van der Waals surface area contributed by atoms with Gasteiger partial charge in [0.25, 0.3) is 0 Å². The number of benzene rings is 1. The molecule has 8 atom stereocenters. The van der Waals surface area contributed by atoms with Crippen molar-refractivity contribution in [3.8, 4) is 0 Å². The molecule has 6 heteroatoms. The van der Waals surface area contributed by atoms with Gasteiger partial charge < -0.3 is 5.11 Å². The number of fused-ring (bicyclic) bond motifs is 6. The molecule has 5 nitrogen and oxygen atoms in total. The van der Waals surface area contributed by atoms with Crippen molar-refractivity contribution in [3.63, 3.8) is 0 Å². The number of aromatic nitrogens is 3. The second-order valence-electron chi connectivity index (χ2n) is 12.9. The van der Waals surface area contributed by atoms with E-state index in [0.29, 0.717) is 28.7 Å². The lowest BCUT2D eigenvalue weighted by atomic mass is 9.44. The summed E-state index contributed by atoms with van der Waals surface area (Å²) in [5, 5.41) is 18.8. The molecule has 0 aliphatic heterocycles. The van der Waals surface area contributed by atoms with Crippen molar-refractivity contribution >= 4 is 16.8 Å². The molecule has 0 amide bonds. The largest absolute Gasteiger partial charge is 0.390 e. The minimum absolute atomic E-state index is 0.0449. The third-order valence-corrected chi connectivity index (χ3v) is 11.1. The van der Waals surface area contributed by atoms with Crippen LogP contribution < -0.4 is 0 Å². The Bertz CT molecular complexity index is 1130. The molecule has 0 spiro atoms. The van der Waals surface area contributed by atoms with Crippen molar-refractivity contribution in [2.75, 3.05) is 0 Å². The van der Waals surface area contributed by atoms with Gasteiger partial charge in [-0.05, 0) is 111 Å². The van der Waals surface area contributed by atoms with Gasteiger partial charge in [-0.1, -0.05) is 25.1 Å². The van der Waals surface area contributed by atoms with Crippen LogP contribution in [0.3, 0.4) is 0 Å². The molecule has 6 rings (SSSR count). The highest BCUT2D eigenvalue weighted by Gasteiger charge is 2.61. The third kappa shape index (κ3) is 3.23. The van der Waals surface area contributed by atoms with Gasteiger partial charge in [0.1, 0.15) is 12.1 Å². The fourth-order valence-corrected chi connectivity index (χ4v) is 9.29. The number of hydrogen-bond acceptors (Lipinski definition) is 4. The Hall–Kier alpha value is -1.82. The predicted molar refractivity (Wildman–Crippen MR) is 128 cm³/mol. The van der Waals surface area contributed by atoms with Crippen LogP contribution in [-0.4, -0.2) is 31.5 Å². The Morgan fingerprint density at radius 2 is 1.85 bits per heavy atom. The fraction of sp³-hybridized carbons (Fsp3) is 0.750. The molecule has 1 aromatic heterocycles. The topological polar surface area (TPSA) is 68.0 Å². The summed E-state index contributed by atoms with van der Waals surface area (Å²) >= 11 is 0. The van der Waals surface area contributed by atoms with Gasteiger partial charge in [0.15, 0.2) is 11.6 Å². The number of Topliss-reactive ketones (excluding diaryl/α,β-unsaturated/α-hetero) is 1. The maximum atomic E-state index is 14.1. The van der Waals surface area contributed by atoms with Crippen LogP contribution in [0.5, 0.6) is 0 Å². The number of carbonyl (C=O) groups is 1. The Balaban J connectivity index is 1.22. The predicted octanol–water partition coefficient (Wildman–Crippen LogP) is 5.55. The van der Waals surface area contributed by atoms with E-state index in [0.717, 1.165) is 44.4 Å². The number of ketones is 1. The summed E-state index contributed by atoms with van der Waals surface area (Å²) in [4.78, 5) is 13.6. The van der Waals surface area contributed by atoms with E-state index in [2.05, 4.69) is 24.2 Å². The van der Waals surface area contributed by atoms with E-state index >= 15 is 0 Å². The number of rotatable bonds is 3. The number of nitrogens with zero attached hydrogens (tertiary/aromatic N) is 3. The Morgan fingerprint density at radius 3 is 2.68 bits per heavy atom. The zero-order valence-corrected chi connectivity index (χ0v) is 20.8. The second-order valence-corrected chi connectivity index (χ2v) is 12.9. The number of halogens is 1. The van der Waals surface area contributed by atoms with Gasteiger partial charge in [-0.25, -0.2) is 9.07 Å². The number of aliphatic hydroxyl groups is 1. The zero-order valence-electron chi connectivity index (χ0n) is 20.8. The number of carbonyl (C=O) groups excluding carboxylic acids is 1. The van der Waals surface area contributed by atoms with Crippen molar-refractivity contribution < 1.29 is 14.3 Å². The summed E-state index contributed by atoms with van der Waals surface area (Å²) in [5.74, 6) is 2.53. The summed E-state index contributed by atoms with van der Waals surface area (Å²) < 4.78 is 15.6. The Morgan fingerprint density at radius 1 is 1.06 bits per heavy atom. The normalized spacial score (nSPS) is 43.9. The van der Waals surface area contributed by atoms with Crippen LogP contribution in [0.25, 0.3) is 11.0 Å². The molecule has 4 saturated carbocycles. The van der Waals surface area contributed by atoms with Gasteiger partial charge in [0.05, 0.1) is 11.1 Å². The highest BCUT2D eigenvalue weighted by molar-refractivity contribution is 5.84. The van der Waals surface area contributed by atoms with Gasteiger partial charge in [0, 0.05) is 5.92 Å². The molecule has 0 saturated heterocycles. The van der Waals surface area contributed by atoms with Gasteiger partial charge in [0.2, 0.25) is 0 Å². The smallest absolute Gasteiger partial charge is 0.157 e. The lowest BCUT2D eigenvalue weighted by molar-refractivity contribution is -0.151. The molecule has 1 aromatic carbocycles. The first-order valence-electron chi connectivity index (χ1n) is 13.4. The van der Waals surface area contributed by atoms with Gasteiger partial charge >= 0.3 is 0 Å². The molecule has 184 valence electrons. The molecule has 4 fully saturated rings. The van der Waals surface area contributed by atoms with Crippen LogP contribution in [0.4, 0.5) is 4.39 Å². The summed E-state index contributed by atoms with van der Waals surface area (Å²) in [7, 11) is 0. The average molecular weight is 468 g/mol. The van der Waals surface area contributed by atoms with Crippen molar-refractivity contribution in [2.24, 2.45) is 40.4 Å². The van der Waals surface area contributed by atoms with E-state index in [1.54, 1.807) is 16.8 Å². The van der Waals surface area contributed by atoms with Gasteiger partial charge in [-0.15, -0.1) is 5.10 Å². The molecule has 34 heavy (non-hydrogen) atoms. The molecule has 0 radical (unpaired) electrons. The maximum Gasteiger partial charge on any atom is 0.157 e. The van der Waals surface area contributed by atoms with Crippen molar-refractivity contribution in [1.82, 2.24) is 15.0 Å². The molecule has 1 N–H and O–H groups in total. The number of hydrogen-bond donors (Lipinski definition) is 1. The Kier molecular flexibility index (Phi) is 5.05. The molecular weight excluding hydrogens is 429 g/mol. The molecule has 1 unspecified atom stereocenters. The van der Waals surface area contributed by atoms with Crippen LogP contribution in [0, 0.1) is 46.2 Å². The van der Waals surface area contributed by atoms with E-state index in [1.165, 1.54) is 25.3 Å². The fourth-order valence-electron chi connectivity index (χ4n) is 9.29. The summed E-state index contributed by atoms with van der Waals surface area (Å²) in [6.07, 6.45) is 9.87. The van der Waals surface area contributed by atoms with E-state index in [1.807, 2.05) is 6.92 Å². The molecule has 4 aliphatic rings. The lowest BCUT2D eigenvalue weighted by Crippen LogP contribution is -2.55. The van der Waals surface area contributed by atoms with Gasteiger partial charge in [-0.2, -0.15) is 0 Å². The molecule has 4 aliphatic carbocycles. The highest BCUT2D eigenvalue weighted by Crippen LogP contribution is 2.68. The monoisotopic (exact) mass is 467 g/mol. The first-order valence-corrected chi connectivity index (χ1v) is 13.4. The SMILES string of the molecule is C[C@@]1(O)CC[C@]2(C)C3CC[C@]4(C)[C@@H](C(=O)Cn5nnc6c(F)cccc65)CC[C@H]4[C@@H]3CC[C@H]2C1. The van der Waals surface area contributed by atoms with Crippen molar-refractivity contribution in [1.29, 1.82) is 0 Å². The average Bonchev–Trinajstić information content (AvgIpc) is 3.36. The molecule has 2 aromatic rings. The van der Waals surface area contributed by atoms with E-state index < -0.39 is 11.4 Å². The van der Waals surface area contributed by atoms with E-state index in [-0.39, 0.29) is 29.2 Å². The van der Waals surface area contributed by atoms with Crippen molar-refractivity contribution in [2.45, 2.75) is 90.7 Å². The van der Waals surface area contributed by atoms with Crippen LogP contribution >= 0.6 is 0 Å². The molecule has 1 heterocycles. The van der Waals surface area contributed by atoms with Gasteiger partial charge in [-0.3, -0.25) is 4.79 Å². The minimum atomic E-state index is -0.500. The van der Waals surface area contributed by atoms with Crippen LogP contribution in [-0.2, 0) is 11.3 Å². The summed E-state index contributed by atoms with van der Waals surface area (Å²) in [6.45, 7) is 7.09. The van der Waals surface area contributed by atoms with Crippen LogP contribution in [0.1, 0.15) is 78.6 Å². The first kappa shape index (κ1) is 22.6. The van der Waals surface area contributed by atoms with E-state index in [4.69, 9.17) is 0 Å². The standard InChI is InChI=1S/C28H38FN3O2/c1-26(34)13-14-27(2)17(15-26)7-8-18-19-9-10-21(28(19,3)12-11-20(18)27)24(33)16-32-23-6-4-5-22(29)25(23)30-31-32/h4-6,17-21,34H,7-16H2,1-3H3/t17-,18-,19-,20?,21+,26+,27-,28-/m0/s1. The van der Waals surface area contributed by atoms with Crippen LogP contribution in [0.2, 0.25) is 0 Å². The highest BCUT2D eigenvalue weighted by atomic mass is 19.1.